The predicted octanol–water partition coefficient (Wildman–Crippen LogP) is 4.03. The highest BCUT2D eigenvalue weighted by Crippen LogP contribution is 2.36. The normalized spacial score (nSPS) is 17.6. The van der Waals surface area contributed by atoms with Crippen LogP contribution in [0.15, 0.2) is 0 Å². The monoisotopic (exact) mass is 213 g/mol. The van der Waals surface area contributed by atoms with Crippen LogP contribution in [-0.4, -0.2) is 24.0 Å². The van der Waals surface area contributed by atoms with Crippen molar-refractivity contribution in [3.05, 3.63) is 0 Å². The Morgan fingerprint density at radius 1 is 0.867 bits per heavy atom. The summed E-state index contributed by atoms with van der Waals surface area (Å²) >= 11 is 0. The van der Waals surface area contributed by atoms with Crippen molar-refractivity contribution in [2.24, 2.45) is 17.3 Å². The minimum absolute atomic E-state index is 0.386. The van der Waals surface area contributed by atoms with E-state index in [1.54, 1.807) is 0 Å². The second-order valence-electron chi connectivity index (χ2n) is 6.64. The molecule has 0 aromatic rings. The molecular weight excluding hydrogens is 182 g/mol. The summed E-state index contributed by atoms with van der Waals surface area (Å²) in [5.74, 6) is 1.48. The molecule has 0 aromatic carbocycles. The average molecular weight is 213 g/mol. The highest BCUT2D eigenvalue weighted by atomic mass is 15.1. The van der Waals surface area contributed by atoms with E-state index in [0.717, 1.165) is 11.8 Å². The van der Waals surface area contributed by atoms with Crippen LogP contribution in [0.5, 0.6) is 0 Å². The van der Waals surface area contributed by atoms with E-state index >= 15 is 0 Å². The molecule has 0 amide bonds. The summed E-state index contributed by atoms with van der Waals surface area (Å²) in [6.07, 6.45) is 0. The summed E-state index contributed by atoms with van der Waals surface area (Å²) in [5.41, 5.74) is 0.386. The van der Waals surface area contributed by atoms with Crippen molar-refractivity contribution in [2.75, 3.05) is 7.05 Å². The molecule has 0 saturated heterocycles. The van der Waals surface area contributed by atoms with E-state index in [2.05, 4.69) is 67.3 Å². The van der Waals surface area contributed by atoms with Crippen molar-refractivity contribution in [1.29, 1.82) is 0 Å². The smallest absolute Gasteiger partial charge is 0.0102 e. The molecule has 0 rings (SSSR count). The Labute approximate surface area is 97.2 Å². The molecule has 0 N–H and O–H groups in total. The maximum absolute atomic E-state index is 2.50. The molecule has 0 bridgehead atoms. The van der Waals surface area contributed by atoms with Crippen molar-refractivity contribution in [3.8, 4) is 0 Å². The summed E-state index contributed by atoms with van der Waals surface area (Å²) in [6.45, 7) is 18.7. The van der Waals surface area contributed by atoms with Crippen molar-refractivity contribution in [1.82, 2.24) is 4.90 Å². The summed E-state index contributed by atoms with van der Waals surface area (Å²) in [7, 11) is 2.25. The zero-order valence-corrected chi connectivity index (χ0v) is 12.3. The van der Waals surface area contributed by atoms with Crippen LogP contribution in [0.1, 0.15) is 55.4 Å². The summed E-state index contributed by atoms with van der Waals surface area (Å²) < 4.78 is 0. The van der Waals surface area contributed by atoms with E-state index in [1.165, 1.54) is 0 Å². The van der Waals surface area contributed by atoms with Gasteiger partial charge in [0.1, 0.15) is 0 Å². The molecule has 2 atom stereocenters. The van der Waals surface area contributed by atoms with Gasteiger partial charge >= 0.3 is 0 Å². The zero-order chi connectivity index (χ0) is 12.4. The topological polar surface area (TPSA) is 3.24 Å². The van der Waals surface area contributed by atoms with Gasteiger partial charge in [0.2, 0.25) is 0 Å². The van der Waals surface area contributed by atoms with E-state index in [0.29, 0.717) is 17.5 Å². The Morgan fingerprint density at radius 3 is 1.47 bits per heavy atom. The maximum Gasteiger partial charge on any atom is 0.0102 e. The number of rotatable bonds is 4. The fourth-order valence-corrected chi connectivity index (χ4v) is 3.00. The average Bonchev–Trinajstić information content (AvgIpc) is 1.98. The Balaban J connectivity index is 4.79. The van der Waals surface area contributed by atoms with Crippen LogP contribution in [-0.2, 0) is 0 Å². The molecule has 1 heteroatoms. The minimum atomic E-state index is 0.386. The molecule has 0 heterocycles. The molecule has 0 saturated carbocycles. The lowest BCUT2D eigenvalue weighted by molar-refractivity contribution is 0.0529. The minimum Gasteiger partial charge on any atom is -0.301 e. The molecule has 0 aliphatic heterocycles. The summed E-state index contributed by atoms with van der Waals surface area (Å²) in [5, 5.41) is 0. The lowest BCUT2D eigenvalue weighted by atomic mass is 9.70. The van der Waals surface area contributed by atoms with E-state index < -0.39 is 0 Å². The molecule has 0 fully saturated rings. The second kappa shape index (κ2) is 5.34. The first-order chi connectivity index (χ1) is 6.59. The highest BCUT2D eigenvalue weighted by Gasteiger charge is 2.34. The van der Waals surface area contributed by atoms with Gasteiger partial charge in [0.25, 0.3) is 0 Å². The third-order valence-corrected chi connectivity index (χ3v) is 3.69. The maximum atomic E-state index is 2.50. The SMILES string of the molecule is CC(C)C(C(C)N(C)C(C)C)C(C)(C)C. The fraction of sp³-hybridized carbons (Fsp3) is 1.00. The molecule has 0 aliphatic carbocycles. The van der Waals surface area contributed by atoms with Crippen LogP contribution in [0.4, 0.5) is 0 Å². The molecule has 92 valence electrons. The molecule has 1 nitrogen and oxygen atoms in total. The van der Waals surface area contributed by atoms with Crippen LogP contribution in [0, 0.1) is 17.3 Å². The van der Waals surface area contributed by atoms with Gasteiger partial charge in [-0.1, -0.05) is 34.6 Å². The van der Waals surface area contributed by atoms with Crippen LogP contribution >= 0.6 is 0 Å². The Hall–Kier alpha value is -0.0400. The van der Waals surface area contributed by atoms with Gasteiger partial charge < -0.3 is 4.90 Å². The zero-order valence-electron chi connectivity index (χ0n) is 12.3. The quantitative estimate of drug-likeness (QED) is 0.681. The third-order valence-electron chi connectivity index (χ3n) is 3.69. The molecule has 0 aliphatic rings. The van der Waals surface area contributed by atoms with Crippen LogP contribution in [0.25, 0.3) is 0 Å². The molecule has 0 radical (unpaired) electrons. The Morgan fingerprint density at radius 2 is 1.27 bits per heavy atom. The molecule has 0 spiro atoms. The van der Waals surface area contributed by atoms with E-state index in [-0.39, 0.29) is 0 Å². The van der Waals surface area contributed by atoms with Crippen molar-refractivity contribution in [3.63, 3.8) is 0 Å². The first kappa shape index (κ1) is 15.0. The summed E-state index contributed by atoms with van der Waals surface area (Å²) in [6, 6.07) is 1.27. The highest BCUT2D eigenvalue weighted by molar-refractivity contribution is 4.86. The molecule has 15 heavy (non-hydrogen) atoms. The van der Waals surface area contributed by atoms with Gasteiger partial charge in [0.05, 0.1) is 0 Å². The van der Waals surface area contributed by atoms with Gasteiger partial charge in [-0.3, -0.25) is 0 Å². The van der Waals surface area contributed by atoms with Crippen molar-refractivity contribution >= 4 is 0 Å². The van der Waals surface area contributed by atoms with Crippen LogP contribution < -0.4 is 0 Å². The number of nitrogens with zero attached hydrogens (tertiary/aromatic N) is 1. The van der Waals surface area contributed by atoms with Gasteiger partial charge in [-0.25, -0.2) is 0 Å². The summed E-state index contributed by atoms with van der Waals surface area (Å²) in [4.78, 5) is 2.50. The van der Waals surface area contributed by atoms with Gasteiger partial charge in [-0.2, -0.15) is 0 Å². The second-order valence-corrected chi connectivity index (χ2v) is 6.64. The lowest BCUT2D eigenvalue weighted by Crippen LogP contribution is -2.46. The predicted molar refractivity (Wildman–Crippen MR) is 70.1 cm³/mol. The molecule has 0 aromatic heterocycles. The molecular formula is C14H31N. The van der Waals surface area contributed by atoms with Gasteiger partial charge in [0.15, 0.2) is 0 Å². The Bertz CT molecular complexity index is 176. The first-order valence-corrected chi connectivity index (χ1v) is 6.31. The Kier molecular flexibility index (Phi) is 5.32. The van der Waals surface area contributed by atoms with E-state index in [9.17, 15) is 0 Å². The van der Waals surface area contributed by atoms with Crippen LogP contribution in [0.3, 0.4) is 0 Å². The standard InChI is InChI=1S/C14H31N/c1-10(2)13(14(6,7)8)12(5)15(9)11(3)4/h10-13H,1-9H3. The van der Waals surface area contributed by atoms with Gasteiger partial charge in [-0.15, -0.1) is 0 Å². The lowest BCUT2D eigenvalue weighted by Gasteiger charge is -2.43. The van der Waals surface area contributed by atoms with E-state index in [1.807, 2.05) is 0 Å². The van der Waals surface area contributed by atoms with Gasteiger partial charge in [0, 0.05) is 12.1 Å². The largest absolute Gasteiger partial charge is 0.301 e. The molecule has 2 unspecified atom stereocenters. The van der Waals surface area contributed by atoms with E-state index in [4.69, 9.17) is 0 Å². The number of hydrogen-bond acceptors (Lipinski definition) is 1. The van der Waals surface area contributed by atoms with Crippen LogP contribution in [0.2, 0.25) is 0 Å². The fourth-order valence-electron chi connectivity index (χ4n) is 3.00. The van der Waals surface area contributed by atoms with Gasteiger partial charge in [-0.05, 0) is 45.1 Å². The van der Waals surface area contributed by atoms with Crippen molar-refractivity contribution < 1.29 is 0 Å². The van der Waals surface area contributed by atoms with Crippen molar-refractivity contribution in [2.45, 2.75) is 67.5 Å². The number of hydrogen-bond donors (Lipinski definition) is 0. The first-order valence-electron chi connectivity index (χ1n) is 6.31. The third kappa shape index (κ3) is 4.14.